The predicted octanol–water partition coefficient (Wildman–Crippen LogP) is 0.783. The molecular formula is C17H20F2N4O3. The molecule has 3 aliphatic heterocycles. The van der Waals surface area contributed by atoms with Crippen molar-refractivity contribution in [1.29, 1.82) is 0 Å². The topological polar surface area (TPSA) is 73.9 Å². The lowest BCUT2D eigenvalue weighted by Gasteiger charge is -2.36. The SMILES string of the molecule is O=C(CN1CCOC1=O)N1CCC2NNC(c3ccc(F)c(F)c3)C2C1. The second-order valence-electron chi connectivity index (χ2n) is 6.87. The Labute approximate surface area is 149 Å². The number of carbonyl (C=O) groups is 2. The average Bonchev–Trinajstić information content (AvgIpc) is 3.23. The molecule has 3 heterocycles. The van der Waals surface area contributed by atoms with Crippen LogP contribution in [0.2, 0.25) is 0 Å². The van der Waals surface area contributed by atoms with Crippen LogP contribution >= 0.6 is 0 Å². The van der Waals surface area contributed by atoms with Gasteiger partial charge < -0.3 is 9.64 Å². The lowest BCUT2D eigenvalue weighted by molar-refractivity contribution is -0.133. The summed E-state index contributed by atoms with van der Waals surface area (Å²) in [6.07, 6.45) is 0.283. The number of rotatable bonds is 3. The minimum atomic E-state index is -0.885. The highest BCUT2D eigenvalue weighted by Crippen LogP contribution is 2.34. The van der Waals surface area contributed by atoms with E-state index >= 15 is 0 Å². The summed E-state index contributed by atoms with van der Waals surface area (Å²) in [7, 11) is 0. The van der Waals surface area contributed by atoms with Gasteiger partial charge in [-0.3, -0.25) is 15.1 Å². The third kappa shape index (κ3) is 3.12. The number of carbonyl (C=O) groups excluding carboxylic acids is 2. The van der Waals surface area contributed by atoms with Crippen LogP contribution in [0.15, 0.2) is 18.2 Å². The second kappa shape index (κ2) is 6.81. The summed E-state index contributed by atoms with van der Waals surface area (Å²) < 4.78 is 31.6. The number of halogens is 2. The first-order chi connectivity index (χ1) is 12.5. The largest absolute Gasteiger partial charge is 0.448 e. The van der Waals surface area contributed by atoms with Crippen LogP contribution in [0.5, 0.6) is 0 Å². The number of amides is 2. The summed E-state index contributed by atoms with van der Waals surface area (Å²) in [5, 5.41) is 0. The zero-order valence-electron chi connectivity index (χ0n) is 14.1. The molecule has 26 heavy (non-hydrogen) atoms. The van der Waals surface area contributed by atoms with Crippen molar-refractivity contribution in [3.05, 3.63) is 35.4 Å². The smallest absolute Gasteiger partial charge is 0.410 e. The molecule has 3 aliphatic rings. The Morgan fingerprint density at radius 1 is 1.23 bits per heavy atom. The first-order valence-corrected chi connectivity index (χ1v) is 8.68. The summed E-state index contributed by atoms with van der Waals surface area (Å²) in [5.74, 6) is -1.86. The van der Waals surface area contributed by atoms with Gasteiger partial charge in [-0.1, -0.05) is 6.07 Å². The van der Waals surface area contributed by atoms with Crippen molar-refractivity contribution >= 4 is 12.0 Å². The standard InChI is InChI=1S/C17H20F2N4O3/c18-12-2-1-10(7-13(12)19)16-11-8-22(4-3-14(11)20-21-16)15(24)9-23-5-6-26-17(23)25/h1-2,7,11,14,16,20-21H,3-6,8-9H2. The molecule has 3 saturated heterocycles. The molecule has 140 valence electrons. The molecule has 3 atom stereocenters. The van der Waals surface area contributed by atoms with Crippen molar-refractivity contribution in [2.45, 2.75) is 18.5 Å². The number of benzene rings is 1. The van der Waals surface area contributed by atoms with Gasteiger partial charge in [0, 0.05) is 25.0 Å². The van der Waals surface area contributed by atoms with Crippen molar-refractivity contribution in [3.8, 4) is 0 Å². The van der Waals surface area contributed by atoms with Gasteiger partial charge in [0.1, 0.15) is 13.2 Å². The van der Waals surface area contributed by atoms with Crippen LogP contribution in [0.25, 0.3) is 0 Å². The van der Waals surface area contributed by atoms with Gasteiger partial charge >= 0.3 is 6.09 Å². The van der Waals surface area contributed by atoms with E-state index in [1.165, 1.54) is 11.0 Å². The zero-order chi connectivity index (χ0) is 18.3. The molecule has 3 unspecified atom stereocenters. The second-order valence-corrected chi connectivity index (χ2v) is 6.87. The fourth-order valence-corrected chi connectivity index (χ4v) is 3.90. The van der Waals surface area contributed by atoms with Gasteiger partial charge in [0.05, 0.1) is 12.6 Å². The molecule has 0 aliphatic carbocycles. The highest BCUT2D eigenvalue weighted by Gasteiger charge is 2.42. The number of hydrogen-bond donors (Lipinski definition) is 2. The predicted molar refractivity (Wildman–Crippen MR) is 86.8 cm³/mol. The molecule has 1 aromatic carbocycles. The molecule has 2 N–H and O–H groups in total. The van der Waals surface area contributed by atoms with Crippen LogP contribution in [0.1, 0.15) is 18.0 Å². The molecule has 0 bridgehead atoms. The zero-order valence-corrected chi connectivity index (χ0v) is 14.1. The fourth-order valence-electron chi connectivity index (χ4n) is 3.90. The van der Waals surface area contributed by atoms with E-state index < -0.39 is 17.7 Å². The lowest BCUT2D eigenvalue weighted by atomic mass is 9.85. The Morgan fingerprint density at radius 2 is 2.08 bits per heavy atom. The van der Waals surface area contributed by atoms with E-state index in [0.29, 0.717) is 31.8 Å². The van der Waals surface area contributed by atoms with Crippen molar-refractivity contribution in [2.75, 3.05) is 32.8 Å². The number of hydrazine groups is 1. The number of nitrogens with one attached hydrogen (secondary N) is 2. The Hall–Kier alpha value is -2.26. The Bertz CT molecular complexity index is 732. The lowest BCUT2D eigenvalue weighted by Crippen LogP contribution is -2.50. The van der Waals surface area contributed by atoms with Gasteiger partial charge in [0.25, 0.3) is 0 Å². The number of cyclic esters (lactones) is 1. The summed E-state index contributed by atoms with van der Waals surface area (Å²) in [5.41, 5.74) is 6.97. The Morgan fingerprint density at radius 3 is 2.81 bits per heavy atom. The number of fused-ring (bicyclic) bond motifs is 1. The first kappa shape index (κ1) is 17.2. The van der Waals surface area contributed by atoms with E-state index in [1.54, 1.807) is 11.0 Å². The maximum absolute atomic E-state index is 13.6. The van der Waals surface area contributed by atoms with Crippen molar-refractivity contribution < 1.29 is 23.1 Å². The third-order valence-electron chi connectivity index (χ3n) is 5.34. The number of nitrogens with zero attached hydrogens (tertiary/aromatic N) is 2. The first-order valence-electron chi connectivity index (χ1n) is 8.68. The molecule has 1 aromatic rings. The third-order valence-corrected chi connectivity index (χ3v) is 5.34. The van der Waals surface area contributed by atoms with Crippen LogP contribution in [-0.4, -0.2) is 60.6 Å². The molecule has 4 rings (SSSR count). The van der Waals surface area contributed by atoms with Crippen LogP contribution in [0.4, 0.5) is 13.6 Å². The van der Waals surface area contributed by atoms with E-state index in [1.807, 2.05) is 0 Å². The molecule has 2 amide bonds. The van der Waals surface area contributed by atoms with Crippen LogP contribution in [0.3, 0.4) is 0 Å². The maximum Gasteiger partial charge on any atom is 0.410 e. The van der Waals surface area contributed by atoms with Crippen molar-refractivity contribution in [3.63, 3.8) is 0 Å². The van der Waals surface area contributed by atoms with Gasteiger partial charge in [0.2, 0.25) is 5.91 Å². The summed E-state index contributed by atoms with van der Waals surface area (Å²) in [6.45, 7) is 1.80. The highest BCUT2D eigenvalue weighted by atomic mass is 19.2. The maximum atomic E-state index is 13.6. The van der Waals surface area contributed by atoms with Gasteiger partial charge in [-0.05, 0) is 24.1 Å². The number of piperidine rings is 1. The quantitative estimate of drug-likeness (QED) is 0.827. The van der Waals surface area contributed by atoms with Gasteiger partial charge in [-0.25, -0.2) is 19.0 Å². The van der Waals surface area contributed by atoms with E-state index in [9.17, 15) is 18.4 Å². The number of likely N-dealkylation sites (tertiary alicyclic amines) is 1. The molecular weight excluding hydrogens is 346 g/mol. The monoisotopic (exact) mass is 366 g/mol. The molecule has 7 nitrogen and oxygen atoms in total. The molecule has 3 fully saturated rings. The minimum Gasteiger partial charge on any atom is -0.448 e. The van der Waals surface area contributed by atoms with Gasteiger partial charge in [0.15, 0.2) is 11.6 Å². The Kier molecular flexibility index (Phi) is 4.49. The van der Waals surface area contributed by atoms with E-state index in [0.717, 1.165) is 12.5 Å². The summed E-state index contributed by atoms with van der Waals surface area (Å²) >= 11 is 0. The molecule has 0 spiro atoms. The minimum absolute atomic E-state index is 0.00687. The summed E-state index contributed by atoms with van der Waals surface area (Å²) in [6, 6.07) is 3.79. The molecule has 0 aromatic heterocycles. The van der Waals surface area contributed by atoms with Crippen molar-refractivity contribution in [1.82, 2.24) is 20.7 Å². The van der Waals surface area contributed by atoms with Gasteiger partial charge in [-0.2, -0.15) is 0 Å². The fraction of sp³-hybridized carbons (Fsp3) is 0.529. The highest BCUT2D eigenvalue weighted by molar-refractivity contribution is 5.83. The number of hydrogen-bond acceptors (Lipinski definition) is 5. The van der Waals surface area contributed by atoms with E-state index in [2.05, 4.69) is 10.9 Å². The molecule has 9 heteroatoms. The van der Waals surface area contributed by atoms with Gasteiger partial charge in [-0.15, -0.1) is 0 Å². The normalized spacial score (nSPS) is 28.2. The van der Waals surface area contributed by atoms with E-state index in [4.69, 9.17) is 4.74 Å². The Balaban J connectivity index is 1.45. The number of ether oxygens (including phenoxy) is 1. The molecule has 0 saturated carbocycles. The van der Waals surface area contributed by atoms with Crippen LogP contribution in [0, 0.1) is 17.6 Å². The summed E-state index contributed by atoms with van der Waals surface area (Å²) in [4.78, 5) is 27.2. The van der Waals surface area contributed by atoms with E-state index in [-0.39, 0.29) is 30.5 Å². The van der Waals surface area contributed by atoms with Crippen LogP contribution < -0.4 is 10.9 Å². The average molecular weight is 366 g/mol. The van der Waals surface area contributed by atoms with Crippen LogP contribution in [-0.2, 0) is 9.53 Å². The molecule has 0 radical (unpaired) electrons. The van der Waals surface area contributed by atoms with Crippen molar-refractivity contribution in [2.24, 2.45) is 5.92 Å².